The molecule has 0 atom stereocenters. The fraction of sp³-hybridized carbons (Fsp3) is 0.250. The number of hydrogen-bond acceptors (Lipinski definition) is 4. The minimum atomic E-state index is -3.42. The molecule has 0 radical (unpaired) electrons. The zero-order valence-corrected chi connectivity index (χ0v) is 13.8. The molecule has 2 heterocycles. The lowest BCUT2D eigenvalue weighted by molar-refractivity contribution is -0.122. The van der Waals surface area contributed by atoms with Crippen LogP contribution in [0.4, 0.5) is 4.39 Å². The first-order valence-electron chi connectivity index (χ1n) is 7.10. The number of hydrogen-bond donors (Lipinski definition) is 1. The summed E-state index contributed by atoms with van der Waals surface area (Å²) in [6.07, 6.45) is 1.73. The van der Waals surface area contributed by atoms with Gasteiger partial charge in [-0.2, -0.15) is 4.31 Å². The van der Waals surface area contributed by atoms with Crippen molar-refractivity contribution in [3.8, 4) is 0 Å². The van der Waals surface area contributed by atoms with Crippen molar-refractivity contribution < 1.29 is 22.7 Å². The summed E-state index contributed by atoms with van der Waals surface area (Å²) in [5.74, 6) is -0.487. The molecule has 1 aliphatic rings. The Balaban J connectivity index is 0.000000647. The Morgan fingerprint density at radius 2 is 1.83 bits per heavy atom. The van der Waals surface area contributed by atoms with Crippen molar-refractivity contribution in [3.63, 3.8) is 0 Å². The molecule has 0 amide bonds. The number of nitrogens with zero attached hydrogens (tertiary/aromatic N) is 2. The van der Waals surface area contributed by atoms with Crippen molar-refractivity contribution in [2.24, 2.45) is 0 Å². The molecular weight excluding hydrogens is 335 g/mol. The highest BCUT2D eigenvalue weighted by atomic mass is 32.2. The first kappa shape index (κ1) is 18.0. The molecule has 1 aromatic heterocycles. The summed E-state index contributed by atoms with van der Waals surface area (Å²) >= 11 is 0. The van der Waals surface area contributed by atoms with E-state index < -0.39 is 10.0 Å². The van der Waals surface area contributed by atoms with Crippen molar-refractivity contribution >= 4 is 16.5 Å². The lowest BCUT2D eigenvalue weighted by atomic mass is 10.2. The Bertz CT molecular complexity index is 822. The number of halogens is 1. The smallest absolute Gasteiger partial charge is 0.290 e. The second-order valence-corrected chi connectivity index (χ2v) is 7.32. The van der Waals surface area contributed by atoms with Gasteiger partial charge < -0.3 is 5.11 Å². The molecule has 0 aliphatic carbocycles. The molecule has 8 heteroatoms. The zero-order chi connectivity index (χ0) is 17.7. The number of fused-ring (bicyclic) bond motifs is 1. The van der Waals surface area contributed by atoms with Crippen molar-refractivity contribution in [3.05, 3.63) is 64.7 Å². The quantitative estimate of drug-likeness (QED) is 0.855. The summed E-state index contributed by atoms with van der Waals surface area (Å²) in [5.41, 5.74) is 3.42. The van der Waals surface area contributed by atoms with Crippen LogP contribution in [-0.4, -0.2) is 29.3 Å². The van der Waals surface area contributed by atoms with E-state index in [9.17, 15) is 12.8 Å². The second-order valence-electron chi connectivity index (χ2n) is 5.35. The van der Waals surface area contributed by atoms with Gasteiger partial charge in [0.1, 0.15) is 5.82 Å². The molecule has 0 spiro atoms. The van der Waals surface area contributed by atoms with Gasteiger partial charge in [-0.3, -0.25) is 9.78 Å². The molecular formula is C16H17FN2O4S. The first-order chi connectivity index (χ1) is 11.4. The van der Waals surface area contributed by atoms with Crippen LogP contribution in [0.2, 0.25) is 0 Å². The van der Waals surface area contributed by atoms with Gasteiger partial charge in [0, 0.05) is 25.0 Å². The van der Waals surface area contributed by atoms with E-state index in [0.29, 0.717) is 18.7 Å². The highest BCUT2D eigenvalue weighted by Crippen LogP contribution is 2.26. The Labute approximate surface area is 139 Å². The second kappa shape index (κ2) is 7.50. The van der Waals surface area contributed by atoms with Crippen LogP contribution in [-0.2, 0) is 33.7 Å². The third-order valence-corrected chi connectivity index (χ3v) is 5.31. The van der Waals surface area contributed by atoms with Gasteiger partial charge in [0.2, 0.25) is 10.0 Å². The van der Waals surface area contributed by atoms with Gasteiger partial charge in [0.15, 0.2) is 0 Å². The fourth-order valence-corrected chi connectivity index (χ4v) is 3.92. The minimum Gasteiger partial charge on any atom is -0.483 e. The summed E-state index contributed by atoms with van der Waals surface area (Å²) < 4.78 is 39.2. The van der Waals surface area contributed by atoms with Gasteiger partial charge >= 0.3 is 0 Å². The summed E-state index contributed by atoms with van der Waals surface area (Å²) in [4.78, 5) is 12.6. The van der Waals surface area contributed by atoms with Gasteiger partial charge in [-0.25, -0.2) is 12.8 Å². The molecule has 2 aromatic rings. The highest BCUT2D eigenvalue weighted by Gasteiger charge is 2.29. The monoisotopic (exact) mass is 352 g/mol. The molecule has 1 aromatic carbocycles. The number of aryl methyl sites for hydroxylation is 1. The molecule has 0 saturated carbocycles. The molecule has 24 heavy (non-hydrogen) atoms. The van der Waals surface area contributed by atoms with E-state index in [0.717, 1.165) is 16.8 Å². The summed E-state index contributed by atoms with van der Waals surface area (Å²) in [7, 11) is -3.42. The lowest BCUT2D eigenvalue weighted by Gasteiger charge is -2.15. The molecule has 0 saturated heterocycles. The van der Waals surface area contributed by atoms with Crippen LogP contribution in [0.5, 0.6) is 0 Å². The van der Waals surface area contributed by atoms with E-state index in [-0.39, 0.29) is 18.0 Å². The molecule has 1 aliphatic heterocycles. The Morgan fingerprint density at radius 1 is 1.25 bits per heavy atom. The van der Waals surface area contributed by atoms with Crippen LogP contribution in [0.25, 0.3) is 0 Å². The number of pyridine rings is 1. The van der Waals surface area contributed by atoms with Gasteiger partial charge in [0.05, 0.1) is 5.75 Å². The van der Waals surface area contributed by atoms with E-state index >= 15 is 0 Å². The van der Waals surface area contributed by atoms with Crippen molar-refractivity contribution in [1.82, 2.24) is 9.29 Å². The van der Waals surface area contributed by atoms with Gasteiger partial charge in [-0.05, 0) is 41.8 Å². The van der Waals surface area contributed by atoms with Crippen LogP contribution in [0.15, 0.2) is 36.5 Å². The number of carboxylic acid groups (broad SMARTS) is 1. The predicted molar refractivity (Wildman–Crippen MR) is 85.9 cm³/mol. The third-order valence-electron chi connectivity index (χ3n) is 3.57. The van der Waals surface area contributed by atoms with Crippen LogP contribution < -0.4 is 0 Å². The van der Waals surface area contributed by atoms with Gasteiger partial charge in [-0.1, -0.05) is 12.1 Å². The van der Waals surface area contributed by atoms with Crippen LogP contribution >= 0.6 is 0 Å². The molecule has 0 fully saturated rings. The number of sulfonamides is 1. The molecule has 6 nitrogen and oxygen atoms in total. The van der Waals surface area contributed by atoms with Crippen LogP contribution in [0, 0.1) is 12.7 Å². The maximum Gasteiger partial charge on any atom is 0.290 e. The lowest BCUT2D eigenvalue weighted by Crippen LogP contribution is -2.27. The molecule has 3 rings (SSSR count). The van der Waals surface area contributed by atoms with E-state index in [1.54, 1.807) is 6.20 Å². The standard InChI is InChI=1S/C15H15FN2O2S.CH2O2/c1-11-6-13-8-18(9-14(13)7-17-11)21(19,20)10-12-2-4-15(16)5-3-12;2-1-3/h2-7H,8-10H2,1H3;1H,(H,2,3). The van der Waals surface area contributed by atoms with Crippen LogP contribution in [0.1, 0.15) is 22.4 Å². The van der Waals surface area contributed by atoms with E-state index in [2.05, 4.69) is 4.98 Å². The van der Waals surface area contributed by atoms with Crippen molar-refractivity contribution in [1.29, 1.82) is 0 Å². The number of aromatic nitrogens is 1. The Hall–Kier alpha value is -2.32. The van der Waals surface area contributed by atoms with E-state index in [1.807, 2.05) is 13.0 Å². The molecule has 0 bridgehead atoms. The third kappa shape index (κ3) is 4.36. The molecule has 1 N–H and O–H groups in total. The molecule has 128 valence electrons. The normalized spacial score (nSPS) is 13.8. The maximum absolute atomic E-state index is 12.9. The predicted octanol–water partition coefficient (Wildman–Crippen LogP) is 2.08. The largest absolute Gasteiger partial charge is 0.483 e. The number of carbonyl (C=O) groups is 1. The summed E-state index contributed by atoms with van der Waals surface area (Å²) in [6, 6.07) is 7.47. The topological polar surface area (TPSA) is 87.6 Å². The first-order valence-corrected chi connectivity index (χ1v) is 8.71. The zero-order valence-electron chi connectivity index (χ0n) is 13.0. The fourth-order valence-electron chi connectivity index (χ4n) is 2.45. The Morgan fingerprint density at radius 3 is 2.46 bits per heavy atom. The number of benzene rings is 1. The maximum atomic E-state index is 12.9. The van der Waals surface area contributed by atoms with E-state index in [4.69, 9.17) is 9.90 Å². The highest BCUT2D eigenvalue weighted by molar-refractivity contribution is 7.88. The van der Waals surface area contributed by atoms with Crippen molar-refractivity contribution in [2.45, 2.75) is 25.8 Å². The van der Waals surface area contributed by atoms with E-state index in [1.165, 1.54) is 28.6 Å². The summed E-state index contributed by atoms with van der Waals surface area (Å²) in [5, 5.41) is 6.89. The average molecular weight is 352 g/mol. The number of rotatable bonds is 3. The minimum absolute atomic E-state index is 0.117. The Kier molecular flexibility index (Phi) is 5.63. The van der Waals surface area contributed by atoms with Crippen molar-refractivity contribution in [2.75, 3.05) is 0 Å². The van der Waals surface area contributed by atoms with Gasteiger partial charge in [-0.15, -0.1) is 0 Å². The summed E-state index contributed by atoms with van der Waals surface area (Å²) in [6.45, 7) is 2.37. The van der Waals surface area contributed by atoms with Crippen LogP contribution in [0.3, 0.4) is 0 Å². The SMILES string of the molecule is Cc1cc2c(cn1)CN(S(=O)(=O)Cc1ccc(F)cc1)C2.O=CO. The average Bonchev–Trinajstić information content (AvgIpc) is 2.94. The molecule has 0 unspecified atom stereocenters. The van der Waals surface area contributed by atoms with Gasteiger partial charge in [0.25, 0.3) is 6.47 Å².